The first kappa shape index (κ1) is 15.9. The standard InChI is InChI=1S/C16H19N7O/c1-12(2)15(9-22-11-17-10-19-22)20-16(24)14-8-18-23(21-14)13-6-4-3-5-7-13/h3-8,10-12,15H,9H2,1-2H3,(H,20,24). The Morgan fingerprint density at radius 3 is 2.67 bits per heavy atom. The molecule has 8 heteroatoms. The lowest BCUT2D eigenvalue weighted by Gasteiger charge is -2.21. The molecular weight excluding hydrogens is 306 g/mol. The maximum absolute atomic E-state index is 12.5. The van der Waals surface area contributed by atoms with Crippen molar-refractivity contribution in [2.75, 3.05) is 0 Å². The van der Waals surface area contributed by atoms with E-state index in [1.165, 1.54) is 17.3 Å². The van der Waals surface area contributed by atoms with E-state index in [1.54, 1.807) is 11.0 Å². The minimum Gasteiger partial charge on any atom is -0.346 e. The van der Waals surface area contributed by atoms with Crippen molar-refractivity contribution < 1.29 is 4.79 Å². The topological polar surface area (TPSA) is 90.5 Å². The summed E-state index contributed by atoms with van der Waals surface area (Å²) in [6, 6.07) is 9.38. The van der Waals surface area contributed by atoms with Crippen molar-refractivity contribution in [2.45, 2.75) is 26.4 Å². The second kappa shape index (κ2) is 7.03. The zero-order valence-electron chi connectivity index (χ0n) is 13.6. The molecule has 3 rings (SSSR count). The summed E-state index contributed by atoms with van der Waals surface area (Å²) in [6.07, 6.45) is 4.58. The third-order valence-corrected chi connectivity index (χ3v) is 3.68. The highest BCUT2D eigenvalue weighted by Crippen LogP contribution is 2.07. The van der Waals surface area contributed by atoms with Gasteiger partial charge in [-0.15, -0.1) is 5.10 Å². The molecule has 0 saturated carbocycles. The quantitative estimate of drug-likeness (QED) is 0.738. The van der Waals surface area contributed by atoms with E-state index in [0.717, 1.165) is 5.69 Å². The summed E-state index contributed by atoms with van der Waals surface area (Å²) in [5, 5.41) is 15.5. The van der Waals surface area contributed by atoms with Crippen molar-refractivity contribution in [3.8, 4) is 5.69 Å². The second-order valence-electron chi connectivity index (χ2n) is 5.80. The molecule has 0 spiro atoms. The molecule has 124 valence electrons. The Labute approximate surface area is 139 Å². The highest BCUT2D eigenvalue weighted by atomic mass is 16.2. The van der Waals surface area contributed by atoms with Gasteiger partial charge in [-0.2, -0.15) is 15.0 Å². The Morgan fingerprint density at radius 1 is 1.21 bits per heavy atom. The smallest absolute Gasteiger partial charge is 0.273 e. The van der Waals surface area contributed by atoms with Crippen molar-refractivity contribution in [2.24, 2.45) is 5.92 Å². The van der Waals surface area contributed by atoms with Crippen LogP contribution in [0.25, 0.3) is 5.69 Å². The van der Waals surface area contributed by atoms with E-state index in [2.05, 4.69) is 25.6 Å². The molecule has 0 saturated heterocycles. The summed E-state index contributed by atoms with van der Waals surface area (Å²) in [6.45, 7) is 4.64. The van der Waals surface area contributed by atoms with E-state index in [4.69, 9.17) is 0 Å². The van der Waals surface area contributed by atoms with Gasteiger partial charge in [0.2, 0.25) is 0 Å². The van der Waals surface area contributed by atoms with Gasteiger partial charge in [0.05, 0.1) is 24.5 Å². The minimum absolute atomic E-state index is 0.0823. The Kier molecular flexibility index (Phi) is 4.64. The fraction of sp³-hybridized carbons (Fsp3) is 0.312. The number of nitrogens with one attached hydrogen (secondary N) is 1. The zero-order valence-corrected chi connectivity index (χ0v) is 13.6. The van der Waals surface area contributed by atoms with Gasteiger partial charge < -0.3 is 5.32 Å². The predicted octanol–water partition coefficient (Wildman–Crippen LogP) is 1.31. The Bertz CT molecular complexity index is 780. The number of nitrogens with zero attached hydrogens (tertiary/aromatic N) is 6. The largest absolute Gasteiger partial charge is 0.346 e. The minimum atomic E-state index is -0.254. The SMILES string of the molecule is CC(C)C(Cn1cncn1)NC(=O)c1cnn(-c2ccccc2)n1. The third-order valence-electron chi connectivity index (χ3n) is 3.68. The van der Waals surface area contributed by atoms with Crippen LogP contribution in [-0.2, 0) is 6.54 Å². The van der Waals surface area contributed by atoms with Crippen LogP contribution in [-0.4, -0.2) is 41.7 Å². The lowest BCUT2D eigenvalue weighted by molar-refractivity contribution is 0.0914. The second-order valence-corrected chi connectivity index (χ2v) is 5.80. The Hall–Kier alpha value is -3.03. The molecule has 8 nitrogen and oxygen atoms in total. The maximum atomic E-state index is 12.5. The average molecular weight is 325 g/mol. The molecule has 1 amide bonds. The molecule has 0 fully saturated rings. The Morgan fingerprint density at radius 2 is 2.00 bits per heavy atom. The van der Waals surface area contributed by atoms with Gasteiger partial charge in [0.15, 0.2) is 5.69 Å². The number of aromatic nitrogens is 6. The van der Waals surface area contributed by atoms with Gasteiger partial charge >= 0.3 is 0 Å². The van der Waals surface area contributed by atoms with Gasteiger partial charge in [-0.1, -0.05) is 32.0 Å². The van der Waals surface area contributed by atoms with Crippen molar-refractivity contribution in [1.82, 2.24) is 35.1 Å². The molecule has 0 radical (unpaired) electrons. The monoisotopic (exact) mass is 325 g/mol. The number of para-hydroxylation sites is 1. The van der Waals surface area contributed by atoms with E-state index >= 15 is 0 Å². The molecule has 2 heterocycles. The summed E-state index contributed by atoms with van der Waals surface area (Å²) in [5.41, 5.74) is 1.09. The fourth-order valence-electron chi connectivity index (χ4n) is 2.25. The van der Waals surface area contributed by atoms with Gasteiger partial charge in [0.25, 0.3) is 5.91 Å². The van der Waals surface area contributed by atoms with Gasteiger partial charge in [-0.05, 0) is 18.1 Å². The molecule has 2 aromatic heterocycles. The van der Waals surface area contributed by atoms with Crippen LogP contribution in [0.3, 0.4) is 0 Å². The Balaban J connectivity index is 1.70. The summed E-state index contributed by atoms with van der Waals surface area (Å²) in [7, 11) is 0. The molecule has 24 heavy (non-hydrogen) atoms. The summed E-state index contributed by atoms with van der Waals surface area (Å²) >= 11 is 0. The number of rotatable bonds is 6. The van der Waals surface area contributed by atoms with E-state index in [1.807, 2.05) is 44.2 Å². The normalized spacial score (nSPS) is 12.3. The first-order valence-corrected chi connectivity index (χ1v) is 7.74. The number of hydrogen-bond donors (Lipinski definition) is 1. The van der Waals surface area contributed by atoms with Gasteiger partial charge in [-0.25, -0.2) is 4.98 Å². The van der Waals surface area contributed by atoms with E-state index < -0.39 is 0 Å². The molecule has 1 N–H and O–H groups in total. The van der Waals surface area contributed by atoms with Crippen LogP contribution in [0.4, 0.5) is 0 Å². The molecule has 1 unspecified atom stereocenters. The maximum Gasteiger partial charge on any atom is 0.273 e. The highest BCUT2D eigenvalue weighted by molar-refractivity contribution is 5.92. The number of carbonyl (C=O) groups excluding carboxylic acids is 1. The molecule has 0 aliphatic rings. The van der Waals surface area contributed by atoms with E-state index in [9.17, 15) is 4.79 Å². The average Bonchev–Trinajstić information content (AvgIpc) is 3.26. The molecule has 0 aliphatic carbocycles. The van der Waals surface area contributed by atoms with Crippen LogP contribution < -0.4 is 5.32 Å². The molecular formula is C16H19N7O. The predicted molar refractivity (Wildman–Crippen MR) is 87.5 cm³/mol. The van der Waals surface area contributed by atoms with Crippen LogP contribution in [0.1, 0.15) is 24.3 Å². The van der Waals surface area contributed by atoms with E-state index in [0.29, 0.717) is 6.54 Å². The molecule has 1 aromatic carbocycles. The van der Waals surface area contributed by atoms with Gasteiger partial charge in [0.1, 0.15) is 12.7 Å². The number of hydrogen-bond acceptors (Lipinski definition) is 5. The van der Waals surface area contributed by atoms with Crippen LogP contribution in [0.5, 0.6) is 0 Å². The molecule has 0 aliphatic heterocycles. The van der Waals surface area contributed by atoms with Gasteiger partial charge in [-0.3, -0.25) is 9.48 Å². The van der Waals surface area contributed by atoms with Crippen molar-refractivity contribution in [1.29, 1.82) is 0 Å². The fourth-order valence-corrected chi connectivity index (χ4v) is 2.25. The van der Waals surface area contributed by atoms with Crippen molar-refractivity contribution in [3.63, 3.8) is 0 Å². The van der Waals surface area contributed by atoms with Crippen molar-refractivity contribution >= 4 is 5.91 Å². The first-order chi connectivity index (χ1) is 11.6. The highest BCUT2D eigenvalue weighted by Gasteiger charge is 2.20. The lowest BCUT2D eigenvalue weighted by atomic mass is 10.0. The van der Waals surface area contributed by atoms with Crippen LogP contribution >= 0.6 is 0 Å². The van der Waals surface area contributed by atoms with Crippen LogP contribution in [0, 0.1) is 5.92 Å². The summed E-state index contributed by atoms with van der Waals surface area (Å²) in [4.78, 5) is 17.8. The number of carbonyl (C=O) groups is 1. The van der Waals surface area contributed by atoms with Crippen LogP contribution in [0.2, 0.25) is 0 Å². The van der Waals surface area contributed by atoms with Crippen LogP contribution in [0.15, 0.2) is 49.2 Å². The summed E-state index contributed by atoms with van der Waals surface area (Å²) in [5.74, 6) is -0.0154. The zero-order chi connectivity index (χ0) is 16.9. The first-order valence-electron chi connectivity index (χ1n) is 7.74. The van der Waals surface area contributed by atoms with E-state index in [-0.39, 0.29) is 23.6 Å². The number of amides is 1. The molecule has 1 atom stereocenters. The summed E-state index contributed by atoms with van der Waals surface area (Å²) < 4.78 is 1.70. The van der Waals surface area contributed by atoms with Gasteiger partial charge in [0, 0.05) is 0 Å². The third kappa shape index (κ3) is 3.65. The lowest BCUT2D eigenvalue weighted by Crippen LogP contribution is -2.41. The number of benzene rings is 1. The van der Waals surface area contributed by atoms with Crippen molar-refractivity contribution in [3.05, 3.63) is 54.9 Å². The molecule has 0 bridgehead atoms. The molecule has 3 aromatic rings.